The van der Waals surface area contributed by atoms with Crippen LogP contribution in [-0.4, -0.2) is 0 Å². The van der Waals surface area contributed by atoms with E-state index in [1.807, 2.05) is 24.3 Å². The molecule has 2 rings (SSSR count). The summed E-state index contributed by atoms with van der Waals surface area (Å²) in [6.07, 6.45) is 3.67. The molecule has 1 aromatic rings. The Balaban J connectivity index is 2.65. The maximum atomic E-state index is 8.79. The van der Waals surface area contributed by atoms with E-state index in [2.05, 4.69) is 12.1 Å². The van der Waals surface area contributed by atoms with Crippen LogP contribution in [0.25, 0.3) is 6.08 Å². The highest BCUT2D eigenvalue weighted by Gasteiger charge is 2.18. The molecule has 2 nitrogen and oxygen atoms in total. The lowest BCUT2D eigenvalue weighted by molar-refractivity contribution is 1.12. The molecule has 0 bridgehead atoms. The molecule has 0 heterocycles. The summed E-state index contributed by atoms with van der Waals surface area (Å²) in [6, 6.07) is 9.76. The van der Waals surface area contributed by atoms with Crippen molar-refractivity contribution in [1.29, 1.82) is 10.5 Å². The lowest BCUT2D eigenvalue weighted by Crippen LogP contribution is -1.90. The maximum absolute atomic E-state index is 8.79. The minimum atomic E-state index is -0.178. The largest absolute Gasteiger partial charge is 0.197 e. The van der Waals surface area contributed by atoms with Gasteiger partial charge in [-0.15, -0.1) is 0 Å². The van der Waals surface area contributed by atoms with Gasteiger partial charge < -0.3 is 0 Å². The first-order chi connectivity index (χ1) is 6.36. The summed E-state index contributed by atoms with van der Waals surface area (Å²) in [4.78, 5) is 0. The second kappa shape index (κ2) is 2.77. The molecule has 1 aliphatic carbocycles. The van der Waals surface area contributed by atoms with Gasteiger partial charge in [0.25, 0.3) is 0 Å². The van der Waals surface area contributed by atoms with Gasteiger partial charge in [-0.3, -0.25) is 0 Å². The van der Waals surface area contributed by atoms with E-state index in [4.69, 9.17) is 10.5 Å². The van der Waals surface area contributed by atoms with Gasteiger partial charge in [0.2, 0.25) is 0 Å². The van der Waals surface area contributed by atoms with Gasteiger partial charge in [-0.25, -0.2) is 0 Å². The van der Waals surface area contributed by atoms with Gasteiger partial charge in [-0.2, -0.15) is 10.5 Å². The lowest BCUT2D eigenvalue weighted by Gasteiger charge is -2.02. The number of fused-ring (bicyclic) bond motifs is 1. The quantitative estimate of drug-likeness (QED) is 0.593. The fourth-order valence-electron chi connectivity index (χ4n) is 1.55. The molecule has 0 aliphatic heterocycles. The Hall–Kier alpha value is -2.06. The van der Waals surface area contributed by atoms with Crippen molar-refractivity contribution in [2.75, 3.05) is 0 Å². The van der Waals surface area contributed by atoms with Crippen LogP contribution in [0.4, 0.5) is 0 Å². The van der Waals surface area contributed by atoms with Gasteiger partial charge in [0.15, 0.2) is 0 Å². The molecular weight excluding hydrogens is 160 g/mol. The molecule has 1 unspecified atom stereocenters. The zero-order valence-corrected chi connectivity index (χ0v) is 6.86. The van der Waals surface area contributed by atoms with Gasteiger partial charge in [0.05, 0.1) is 23.6 Å². The Labute approximate surface area is 76.3 Å². The predicted molar refractivity (Wildman–Crippen MR) is 48.5 cm³/mol. The van der Waals surface area contributed by atoms with Crippen molar-refractivity contribution in [2.45, 2.75) is 5.92 Å². The first kappa shape index (κ1) is 7.58. The first-order valence-corrected chi connectivity index (χ1v) is 3.97. The van der Waals surface area contributed by atoms with Crippen LogP contribution in [-0.2, 0) is 0 Å². The van der Waals surface area contributed by atoms with E-state index < -0.39 is 0 Å². The first-order valence-electron chi connectivity index (χ1n) is 3.97. The summed E-state index contributed by atoms with van der Waals surface area (Å²) in [5.41, 5.74) is 2.49. The van der Waals surface area contributed by atoms with Crippen LogP contribution in [0.3, 0.4) is 0 Å². The van der Waals surface area contributed by atoms with Crippen molar-refractivity contribution in [3.05, 3.63) is 41.0 Å². The summed E-state index contributed by atoms with van der Waals surface area (Å²) in [7, 11) is 0. The van der Waals surface area contributed by atoms with E-state index in [1.54, 1.807) is 6.07 Å². The minimum Gasteiger partial charge on any atom is -0.197 e. The van der Waals surface area contributed by atoms with Gasteiger partial charge in [0.1, 0.15) is 0 Å². The van der Waals surface area contributed by atoms with Crippen LogP contribution in [0.1, 0.15) is 22.6 Å². The highest BCUT2D eigenvalue weighted by Crippen LogP contribution is 2.31. The van der Waals surface area contributed by atoms with E-state index in [-0.39, 0.29) is 5.92 Å². The Bertz CT molecular complexity index is 458. The van der Waals surface area contributed by atoms with E-state index >= 15 is 0 Å². The number of hydrogen-bond acceptors (Lipinski definition) is 2. The fourth-order valence-corrected chi connectivity index (χ4v) is 1.55. The maximum Gasteiger partial charge on any atom is 0.0998 e. The second-order valence-electron chi connectivity index (χ2n) is 2.89. The van der Waals surface area contributed by atoms with Crippen LogP contribution in [0.15, 0.2) is 24.3 Å². The van der Waals surface area contributed by atoms with Crippen molar-refractivity contribution in [3.8, 4) is 12.1 Å². The number of nitrogens with zero attached hydrogens (tertiary/aromatic N) is 2. The zero-order chi connectivity index (χ0) is 9.26. The van der Waals surface area contributed by atoms with Crippen LogP contribution in [0.5, 0.6) is 0 Å². The van der Waals surface area contributed by atoms with Crippen LogP contribution < -0.4 is 0 Å². The Morgan fingerprint density at radius 2 is 2.08 bits per heavy atom. The SMILES string of the molecule is N#Cc1cccc2c1C=CC2C#N. The Morgan fingerprint density at radius 3 is 2.77 bits per heavy atom. The van der Waals surface area contributed by atoms with E-state index in [0.717, 1.165) is 11.1 Å². The molecule has 0 saturated heterocycles. The molecule has 1 aliphatic rings. The monoisotopic (exact) mass is 166 g/mol. The number of benzene rings is 1. The third-order valence-electron chi connectivity index (χ3n) is 2.19. The Morgan fingerprint density at radius 1 is 1.23 bits per heavy atom. The van der Waals surface area contributed by atoms with Gasteiger partial charge in [-0.05, 0) is 17.2 Å². The third kappa shape index (κ3) is 1.01. The molecule has 0 spiro atoms. The van der Waals surface area contributed by atoms with Crippen molar-refractivity contribution in [1.82, 2.24) is 0 Å². The topological polar surface area (TPSA) is 47.6 Å². The fraction of sp³-hybridized carbons (Fsp3) is 0.0909. The standard InChI is InChI=1S/C11H6N2/c12-6-8-2-1-3-10-9(7-13)4-5-11(8)10/h1-5,9H. The van der Waals surface area contributed by atoms with Crippen molar-refractivity contribution < 1.29 is 0 Å². The Kier molecular flexibility index (Phi) is 1.61. The number of nitriles is 2. The third-order valence-corrected chi connectivity index (χ3v) is 2.19. The molecule has 13 heavy (non-hydrogen) atoms. The van der Waals surface area contributed by atoms with E-state index in [9.17, 15) is 0 Å². The molecular formula is C11H6N2. The average Bonchev–Trinajstić information content (AvgIpc) is 2.60. The van der Waals surface area contributed by atoms with Gasteiger partial charge in [0, 0.05) is 0 Å². The average molecular weight is 166 g/mol. The molecule has 60 valence electrons. The zero-order valence-electron chi connectivity index (χ0n) is 6.86. The summed E-state index contributed by atoms with van der Waals surface area (Å²) in [5, 5.41) is 17.6. The summed E-state index contributed by atoms with van der Waals surface area (Å²) in [5.74, 6) is -0.178. The van der Waals surface area contributed by atoms with Crippen LogP contribution in [0, 0.1) is 22.7 Å². The second-order valence-corrected chi connectivity index (χ2v) is 2.89. The van der Waals surface area contributed by atoms with Crippen LogP contribution in [0.2, 0.25) is 0 Å². The predicted octanol–water partition coefficient (Wildman–Crippen LogP) is 2.19. The van der Waals surface area contributed by atoms with E-state index in [1.165, 1.54) is 0 Å². The van der Waals surface area contributed by atoms with Crippen molar-refractivity contribution >= 4 is 6.08 Å². The van der Waals surface area contributed by atoms with Crippen molar-refractivity contribution in [2.24, 2.45) is 0 Å². The molecule has 0 radical (unpaired) electrons. The van der Waals surface area contributed by atoms with Gasteiger partial charge >= 0.3 is 0 Å². The van der Waals surface area contributed by atoms with Gasteiger partial charge in [-0.1, -0.05) is 24.3 Å². The molecule has 0 saturated carbocycles. The molecule has 1 aromatic carbocycles. The molecule has 1 atom stereocenters. The summed E-state index contributed by atoms with van der Waals surface area (Å²) in [6.45, 7) is 0. The smallest absolute Gasteiger partial charge is 0.0998 e. The number of hydrogen-bond donors (Lipinski definition) is 0. The highest BCUT2D eigenvalue weighted by molar-refractivity contribution is 5.69. The molecule has 2 heteroatoms. The van der Waals surface area contributed by atoms with E-state index in [0.29, 0.717) is 5.56 Å². The lowest BCUT2D eigenvalue weighted by atomic mass is 9.99. The molecule has 0 fully saturated rings. The summed E-state index contributed by atoms with van der Waals surface area (Å²) >= 11 is 0. The number of rotatable bonds is 0. The van der Waals surface area contributed by atoms with Crippen LogP contribution >= 0.6 is 0 Å². The number of allylic oxidation sites excluding steroid dienone is 1. The highest BCUT2D eigenvalue weighted by atomic mass is 14.3. The van der Waals surface area contributed by atoms with Crippen molar-refractivity contribution in [3.63, 3.8) is 0 Å². The molecule has 0 N–H and O–H groups in total. The molecule has 0 amide bonds. The summed E-state index contributed by atoms with van der Waals surface area (Å²) < 4.78 is 0. The minimum absolute atomic E-state index is 0.178. The molecule has 0 aromatic heterocycles. The normalized spacial score (nSPS) is 17.5.